The molecule has 0 saturated heterocycles. The fraction of sp³-hybridized carbons (Fsp3) is 0.303. The van der Waals surface area contributed by atoms with E-state index in [0.717, 1.165) is 5.56 Å². The van der Waals surface area contributed by atoms with Crippen LogP contribution in [0.1, 0.15) is 42.1 Å². The molecular weight excluding hydrogens is 560 g/mol. The lowest BCUT2D eigenvalue weighted by molar-refractivity contribution is -0.117. The summed E-state index contributed by atoms with van der Waals surface area (Å²) in [4.78, 5) is 37.3. The van der Waals surface area contributed by atoms with Gasteiger partial charge in [0.2, 0.25) is 17.8 Å². The lowest BCUT2D eigenvalue weighted by Crippen LogP contribution is -2.15. The first-order valence-corrected chi connectivity index (χ1v) is 14.6. The minimum Gasteiger partial charge on any atom is -0.508 e. The molecule has 11 nitrogen and oxygen atoms in total. The average molecular weight is 599 g/mol. The molecule has 0 aliphatic heterocycles. The Bertz CT molecular complexity index is 1480. The van der Waals surface area contributed by atoms with Crippen LogP contribution in [0.5, 0.6) is 5.75 Å². The zero-order chi connectivity index (χ0) is 31.0. The van der Waals surface area contributed by atoms with Crippen molar-refractivity contribution in [1.29, 1.82) is 0 Å². The van der Waals surface area contributed by atoms with Gasteiger partial charge in [-0.1, -0.05) is 42.5 Å². The Kier molecular flexibility index (Phi) is 12.6. The van der Waals surface area contributed by atoms with Crippen LogP contribution in [0.3, 0.4) is 0 Å². The second-order valence-electron chi connectivity index (χ2n) is 10.0. The highest BCUT2D eigenvalue weighted by Gasteiger charge is 2.11. The maximum Gasteiger partial charge on any atom is 0.233 e. The van der Waals surface area contributed by atoms with Crippen LogP contribution in [0.2, 0.25) is 0 Å². The molecule has 0 unspecified atom stereocenters. The van der Waals surface area contributed by atoms with Crippen molar-refractivity contribution < 1.29 is 24.2 Å². The fourth-order valence-electron chi connectivity index (χ4n) is 4.17. The number of anilines is 5. The van der Waals surface area contributed by atoms with Gasteiger partial charge >= 0.3 is 0 Å². The van der Waals surface area contributed by atoms with E-state index >= 15 is 0 Å². The second-order valence-corrected chi connectivity index (χ2v) is 10.0. The Morgan fingerprint density at radius 2 is 1.41 bits per heavy atom. The van der Waals surface area contributed by atoms with Crippen LogP contribution in [0.4, 0.5) is 29.2 Å². The van der Waals surface area contributed by atoms with Gasteiger partial charge in [0.25, 0.3) is 0 Å². The summed E-state index contributed by atoms with van der Waals surface area (Å²) in [6.45, 7) is 3.83. The highest BCUT2D eigenvalue weighted by molar-refractivity contribution is 5.97. The molecule has 0 bridgehead atoms. The summed E-state index contributed by atoms with van der Waals surface area (Å²) in [6, 6.07) is 23.7. The van der Waals surface area contributed by atoms with Crippen LogP contribution in [-0.2, 0) is 20.7 Å². The maximum atomic E-state index is 12.9. The number of hydrogen-bond donors (Lipinski definition) is 4. The number of ketones is 2. The summed E-state index contributed by atoms with van der Waals surface area (Å²) in [6.07, 6.45) is 2.31. The first-order chi connectivity index (χ1) is 21.4. The van der Waals surface area contributed by atoms with Gasteiger partial charge in [0.1, 0.15) is 11.5 Å². The normalized spacial score (nSPS) is 10.8. The Morgan fingerprint density at radius 3 is 2.14 bits per heavy atom. The Labute approximate surface area is 257 Å². The van der Waals surface area contributed by atoms with Gasteiger partial charge in [-0.25, -0.2) is 0 Å². The molecule has 230 valence electrons. The molecule has 4 N–H and O–H groups in total. The quantitative estimate of drug-likeness (QED) is 0.0599. The summed E-state index contributed by atoms with van der Waals surface area (Å²) in [5, 5.41) is 19.1. The lowest BCUT2D eigenvalue weighted by Gasteiger charge is -2.12. The SMILES string of the molecule is CC(=O)CCCOCCOCCNc1nc(Nc2ccc(O)cc2)nc(Nc2cccc(C(=O)CCc3ccccc3)c2)n1. The van der Waals surface area contributed by atoms with Crippen molar-refractivity contribution in [2.75, 3.05) is 48.9 Å². The molecule has 0 aliphatic rings. The molecule has 0 aliphatic carbocycles. The van der Waals surface area contributed by atoms with E-state index in [4.69, 9.17) is 9.47 Å². The zero-order valence-electron chi connectivity index (χ0n) is 24.8. The van der Waals surface area contributed by atoms with E-state index in [0.29, 0.717) is 81.5 Å². The number of carbonyl (C=O) groups is 2. The molecule has 4 aromatic rings. The fourth-order valence-corrected chi connectivity index (χ4v) is 4.17. The lowest BCUT2D eigenvalue weighted by atomic mass is 10.0. The molecule has 3 aromatic carbocycles. The first kappa shape index (κ1) is 32.1. The van der Waals surface area contributed by atoms with E-state index in [1.807, 2.05) is 42.5 Å². The monoisotopic (exact) mass is 598 g/mol. The molecule has 0 spiro atoms. The van der Waals surface area contributed by atoms with Gasteiger partial charge in [-0.05, 0) is 61.7 Å². The number of aromatic nitrogens is 3. The predicted molar refractivity (Wildman–Crippen MR) is 170 cm³/mol. The number of carbonyl (C=O) groups excluding carboxylic acids is 2. The minimum atomic E-state index is 0.0478. The summed E-state index contributed by atoms with van der Waals surface area (Å²) >= 11 is 0. The number of aryl methyl sites for hydroxylation is 1. The number of phenolic OH excluding ortho intramolecular Hbond substituents is 1. The summed E-state index contributed by atoms with van der Waals surface area (Å²) in [5.41, 5.74) is 3.06. The van der Waals surface area contributed by atoms with Crippen LogP contribution in [0, 0.1) is 0 Å². The van der Waals surface area contributed by atoms with Crippen molar-refractivity contribution in [3.63, 3.8) is 0 Å². The third kappa shape index (κ3) is 11.4. The van der Waals surface area contributed by atoms with Gasteiger partial charge in [-0.3, -0.25) is 4.79 Å². The zero-order valence-corrected chi connectivity index (χ0v) is 24.8. The molecule has 0 atom stereocenters. The van der Waals surface area contributed by atoms with Gasteiger partial charge < -0.3 is 35.3 Å². The largest absolute Gasteiger partial charge is 0.508 e. The number of ether oxygens (including phenoxy) is 2. The van der Waals surface area contributed by atoms with Crippen molar-refractivity contribution in [2.24, 2.45) is 0 Å². The minimum absolute atomic E-state index is 0.0478. The standard InChI is InChI=1S/C33H38N6O5/c1-24(40)7-6-19-43-21-22-44-20-18-34-31-37-32(35-27-13-15-29(41)16-14-27)39-33(38-31)36-28-11-5-10-26(23-28)30(42)17-12-25-8-3-2-4-9-25/h2-5,8-11,13-16,23,41H,6-7,12,17-22H2,1H3,(H3,34,35,36,37,38,39). The van der Waals surface area contributed by atoms with E-state index in [9.17, 15) is 14.7 Å². The van der Waals surface area contributed by atoms with E-state index in [2.05, 4.69) is 30.9 Å². The molecule has 1 heterocycles. The van der Waals surface area contributed by atoms with Crippen molar-refractivity contribution >= 4 is 40.8 Å². The number of benzene rings is 3. The van der Waals surface area contributed by atoms with E-state index in [-0.39, 0.29) is 29.2 Å². The molecule has 0 saturated carbocycles. The molecule has 0 fully saturated rings. The topological polar surface area (TPSA) is 148 Å². The van der Waals surface area contributed by atoms with E-state index in [1.165, 1.54) is 0 Å². The maximum absolute atomic E-state index is 12.9. The van der Waals surface area contributed by atoms with Crippen LogP contribution in [0.15, 0.2) is 78.9 Å². The van der Waals surface area contributed by atoms with Crippen LogP contribution >= 0.6 is 0 Å². The summed E-state index contributed by atoms with van der Waals surface area (Å²) in [7, 11) is 0. The highest BCUT2D eigenvalue weighted by Crippen LogP contribution is 2.21. The van der Waals surface area contributed by atoms with Gasteiger partial charge in [0, 0.05) is 42.9 Å². The average Bonchev–Trinajstić information content (AvgIpc) is 3.02. The number of rotatable bonds is 19. The molecule has 0 amide bonds. The van der Waals surface area contributed by atoms with Crippen LogP contribution in [0.25, 0.3) is 0 Å². The van der Waals surface area contributed by atoms with Gasteiger partial charge in [-0.15, -0.1) is 0 Å². The number of phenols is 1. The van der Waals surface area contributed by atoms with Crippen LogP contribution in [-0.4, -0.2) is 64.6 Å². The number of hydrogen-bond acceptors (Lipinski definition) is 11. The summed E-state index contributed by atoms with van der Waals surface area (Å²) in [5.74, 6) is 1.24. The molecule has 44 heavy (non-hydrogen) atoms. The summed E-state index contributed by atoms with van der Waals surface area (Å²) < 4.78 is 11.1. The third-order valence-electron chi connectivity index (χ3n) is 6.40. The van der Waals surface area contributed by atoms with Gasteiger partial charge in [0.05, 0.1) is 19.8 Å². The van der Waals surface area contributed by atoms with Crippen molar-refractivity contribution in [3.8, 4) is 5.75 Å². The molecule has 0 radical (unpaired) electrons. The molecule has 11 heteroatoms. The van der Waals surface area contributed by atoms with Gasteiger partial charge in [0.15, 0.2) is 5.78 Å². The Hall–Kier alpha value is -4.87. The number of aromatic hydroxyl groups is 1. The number of Topliss-reactive ketones (excluding diaryl/α,β-unsaturated/α-hetero) is 2. The third-order valence-corrected chi connectivity index (χ3v) is 6.40. The molecule has 4 rings (SSSR count). The van der Waals surface area contributed by atoms with Crippen molar-refractivity contribution in [2.45, 2.75) is 32.6 Å². The smallest absolute Gasteiger partial charge is 0.233 e. The van der Waals surface area contributed by atoms with Gasteiger partial charge in [-0.2, -0.15) is 15.0 Å². The van der Waals surface area contributed by atoms with Crippen molar-refractivity contribution in [1.82, 2.24) is 15.0 Å². The second kappa shape index (κ2) is 17.3. The van der Waals surface area contributed by atoms with E-state index in [1.54, 1.807) is 43.3 Å². The Balaban J connectivity index is 1.36. The first-order valence-electron chi connectivity index (χ1n) is 14.6. The van der Waals surface area contributed by atoms with Crippen molar-refractivity contribution in [3.05, 3.63) is 90.0 Å². The van der Waals surface area contributed by atoms with E-state index < -0.39 is 0 Å². The number of nitrogens with one attached hydrogen (secondary N) is 3. The Morgan fingerprint density at radius 1 is 0.727 bits per heavy atom. The molecule has 1 aromatic heterocycles. The van der Waals surface area contributed by atoms with Crippen LogP contribution < -0.4 is 16.0 Å². The number of nitrogens with zero attached hydrogens (tertiary/aromatic N) is 3. The molecular formula is C33H38N6O5. The predicted octanol–water partition coefficient (Wildman–Crippen LogP) is 5.69. The highest BCUT2D eigenvalue weighted by atomic mass is 16.5.